The largest absolute Gasteiger partial charge is 0.361 e. The number of fused-ring (bicyclic) bond motifs is 1. The van der Waals surface area contributed by atoms with Crippen molar-refractivity contribution in [3.63, 3.8) is 0 Å². The molecule has 2 aromatic carbocycles. The Morgan fingerprint density at radius 1 is 1.00 bits per heavy atom. The molecule has 0 fully saturated rings. The van der Waals surface area contributed by atoms with Crippen molar-refractivity contribution in [2.75, 3.05) is 6.54 Å². The molecule has 3 rings (SSSR count). The van der Waals surface area contributed by atoms with Crippen molar-refractivity contribution in [3.8, 4) is 0 Å². The van der Waals surface area contributed by atoms with Crippen molar-refractivity contribution in [1.82, 2.24) is 4.98 Å². The van der Waals surface area contributed by atoms with Crippen LogP contribution in [0.4, 0.5) is 0 Å². The van der Waals surface area contributed by atoms with E-state index in [2.05, 4.69) is 72.8 Å². The molecule has 2 heteroatoms. The summed E-state index contributed by atoms with van der Waals surface area (Å²) in [6.07, 6.45) is 3.25. The van der Waals surface area contributed by atoms with E-state index in [1.54, 1.807) is 0 Å². The molecule has 0 saturated heterocycles. The lowest BCUT2D eigenvalue weighted by Crippen LogP contribution is -2.83. The fraction of sp³-hybridized carbons (Fsp3) is 0.263. The van der Waals surface area contributed by atoms with E-state index >= 15 is 0 Å². The summed E-state index contributed by atoms with van der Waals surface area (Å²) in [5.74, 6) is 0. The molecule has 0 spiro atoms. The van der Waals surface area contributed by atoms with Gasteiger partial charge in [-0.15, -0.1) is 0 Å². The molecule has 1 heterocycles. The van der Waals surface area contributed by atoms with Crippen molar-refractivity contribution >= 4 is 10.9 Å². The van der Waals surface area contributed by atoms with Gasteiger partial charge < -0.3 is 10.3 Å². The highest BCUT2D eigenvalue weighted by Crippen LogP contribution is 2.17. The molecule has 2 nitrogen and oxygen atoms in total. The predicted molar refractivity (Wildman–Crippen MR) is 88.4 cm³/mol. The summed E-state index contributed by atoms with van der Waals surface area (Å²) in [6.45, 7) is 6.54. The Morgan fingerprint density at radius 3 is 2.71 bits per heavy atom. The van der Waals surface area contributed by atoms with Crippen LogP contribution in [-0.4, -0.2) is 11.5 Å². The zero-order valence-electron chi connectivity index (χ0n) is 12.8. The van der Waals surface area contributed by atoms with E-state index in [1.165, 1.54) is 33.2 Å². The number of H-pyrrole nitrogens is 1. The lowest BCUT2D eigenvalue weighted by Gasteiger charge is -2.06. The van der Waals surface area contributed by atoms with E-state index in [-0.39, 0.29) is 0 Å². The van der Waals surface area contributed by atoms with Gasteiger partial charge in [0.05, 0.1) is 6.54 Å². The molecular formula is C19H23N2+. The summed E-state index contributed by atoms with van der Waals surface area (Å²) in [4.78, 5) is 3.35. The van der Waals surface area contributed by atoms with Gasteiger partial charge in [-0.1, -0.05) is 42.0 Å². The molecule has 0 atom stereocenters. The molecule has 3 N–H and O–H groups in total. The van der Waals surface area contributed by atoms with Gasteiger partial charge in [-0.05, 0) is 31.0 Å². The molecule has 0 amide bonds. The topological polar surface area (TPSA) is 32.4 Å². The fourth-order valence-electron chi connectivity index (χ4n) is 2.93. The zero-order valence-corrected chi connectivity index (χ0v) is 12.8. The zero-order chi connectivity index (χ0) is 14.7. The molecular weight excluding hydrogens is 256 g/mol. The summed E-state index contributed by atoms with van der Waals surface area (Å²) >= 11 is 0. The number of quaternary nitrogens is 1. The molecule has 0 aliphatic heterocycles. The molecule has 0 bridgehead atoms. The van der Waals surface area contributed by atoms with Gasteiger partial charge in [0.15, 0.2) is 0 Å². The number of hydrogen-bond acceptors (Lipinski definition) is 0. The highest BCUT2D eigenvalue weighted by atomic mass is 14.8. The predicted octanol–water partition coefficient (Wildman–Crippen LogP) is 3.09. The number of para-hydroxylation sites is 1. The van der Waals surface area contributed by atoms with E-state index in [1.807, 2.05) is 0 Å². The Bertz CT molecular complexity index is 740. The van der Waals surface area contributed by atoms with E-state index in [0.29, 0.717) is 0 Å². The van der Waals surface area contributed by atoms with Gasteiger partial charge in [0.25, 0.3) is 0 Å². The van der Waals surface area contributed by atoms with Gasteiger partial charge >= 0.3 is 0 Å². The molecule has 0 saturated carbocycles. The molecule has 0 unspecified atom stereocenters. The number of aryl methyl sites for hydroxylation is 2. The molecule has 21 heavy (non-hydrogen) atoms. The highest BCUT2D eigenvalue weighted by Gasteiger charge is 2.04. The minimum atomic E-state index is 1.06. The van der Waals surface area contributed by atoms with Crippen LogP contribution < -0.4 is 5.32 Å². The van der Waals surface area contributed by atoms with Gasteiger partial charge in [-0.3, -0.25) is 0 Å². The Hall–Kier alpha value is -2.06. The van der Waals surface area contributed by atoms with Crippen LogP contribution in [0.1, 0.15) is 22.3 Å². The van der Waals surface area contributed by atoms with Gasteiger partial charge in [0.2, 0.25) is 0 Å². The minimum Gasteiger partial charge on any atom is -0.361 e. The van der Waals surface area contributed by atoms with Gasteiger partial charge in [-0.2, -0.15) is 0 Å². The third kappa shape index (κ3) is 3.17. The summed E-state index contributed by atoms with van der Waals surface area (Å²) in [7, 11) is 0. The van der Waals surface area contributed by atoms with Gasteiger partial charge in [0.1, 0.15) is 6.54 Å². The SMILES string of the molecule is Cc1ccc(C[NH2+]CCc2c[nH]c3ccccc23)c(C)c1. The second kappa shape index (κ2) is 6.15. The molecule has 0 radical (unpaired) electrons. The quantitative estimate of drug-likeness (QED) is 0.673. The first-order valence-electron chi connectivity index (χ1n) is 7.67. The number of hydrogen-bond donors (Lipinski definition) is 2. The number of rotatable bonds is 5. The summed E-state index contributed by atoms with van der Waals surface area (Å²) in [5.41, 5.74) is 6.84. The van der Waals surface area contributed by atoms with Crippen LogP contribution in [0, 0.1) is 13.8 Å². The summed E-state index contributed by atoms with van der Waals surface area (Å²) in [5, 5.41) is 3.76. The normalized spacial score (nSPS) is 11.1. The summed E-state index contributed by atoms with van der Waals surface area (Å²) < 4.78 is 0. The van der Waals surface area contributed by atoms with E-state index in [4.69, 9.17) is 0 Å². The van der Waals surface area contributed by atoms with Crippen LogP contribution in [0.5, 0.6) is 0 Å². The smallest absolute Gasteiger partial charge is 0.101 e. The maximum absolute atomic E-state index is 3.35. The first-order valence-corrected chi connectivity index (χ1v) is 7.67. The van der Waals surface area contributed by atoms with Crippen LogP contribution >= 0.6 is 0 Å². The maximum Gasteiger partial charge on any atom is 0.101 e. The van der Waals surface area contributed by atoms with Crippen molar-refractivity contribution in [2.45, 2.75) is 26.8 Å². The third-order valence-electron chi connectivity index (χ3n) is 4.16. The second-order valence-corrected chi connectivity index (χ2v) is 5.82. The number of aromatic nitrogens is 1. The lowest BCUT2D eigenvalue weighted by molar-refractivity contribution is -0.670. The van der Waals surface area contributed by atoms with Crippen LogP contribution in [0.15, 0.2) is 48.7 Å². The Kier molecular flexibility index (Phi) is 4.07. The van der Waals surface area contributed by atoms with E-state index in [0.717, 1.165) is 19.5 Å². The van der Waals surface area contributed by atoms with Crippen molar-refractivity contribution in [3.05, 3.63) is 70.9 Å². The summed E-state index contributed by atoms with van der Waals surface area (Å²) in [6, 6.07) is 15.3. The van der Waals surface area contributed by atoms with Crippen LogP contribution in [0.3, 0.4) is 0 Å². The van der Waals surface area contributed by atoms with Crippen LogP contribution in [0.25, 0.3) is 10.9 Å². The maximum atomic E-state index is 3.35. The average Bonchev–Trinajstić information content (AvgIpc) is 2.89. The first-order chi connectivity index (χ1) is 10.2. The Balaban J connectivity index is 1.57. The molecule has 0 aliphatic rings. The first kappa shape index (κ1) is 13.9. The standard InChI is InChI=1S/C19H22N2/c1-14-7-8-16(15(2)11-14)12-20-10-9-17-13-21-19-6-4-3-5-18(17)19/h3-8,11,13,20-21H,9-10,12H2,1-2H3/p+1. The van der Waals surface area contributed by atoms with E-state index in [9.17, 15) is 0 Å². The lowest BCUT2D eigenvalue weighted by atomic mass is 10.1. The minimum absolute atomic E-state index is 1.06. The monoisotopic (exact) mass is 279 g/mol. The Morgan fingerprint density at radius 2 is 1.86 bits per heavy atom. The fourth-order valence-corrected chi connectivity index (χ4v) is 2.93. The molecule has 3 aromatic rings. The Labute approximate surface area is 126 Å². The van der Waals surface area contributed by atoms with Crippen LogP contribution in [0.2, 0.25) is 0 Å². The molecule has 1 aromatic heterocycles. The van der Waals surface area contributed by atoms with Crippen molar-refractivity contribution in [1.29, 1.82) is 0 Å². The molecule has 108 valence electrons. The number of nitrogens with one attached hydrogen (secondary N) is 1. The van der Waals surface area contributed by atoms with E-state index < -0.39 is 0 Å². The van der Waals surface area contributed by atoms with Crippen molar-refractivity contribution < 1.29 is 5.32 Å². The third-order valence-corrected chi connectivity index (χ3v) is 4.16. The van der Waals surface area contributed by atoms with Gasteiger partial charge in [-0.25, -0.2) is 0 Å². The number of aromatic amines is 1. The number of benzene rings is 2. The highest BCUT2D eigenvalue weighted by molar-refractivity contribution is 5.82. The van der Waals surface area contributed by atoms with Gasteiger partial charge in [0, 0.05) is 29.1 Å². The second-order valence-electron chi connectivity index (χ2n) is 5.82. The average molecular weight is 279 g/mol. The molecule has 0 aliphatic carbocycles. The number of nitrogens with two attached hydrogens (primary N) is 1. The van der Waals surface area contributed by atoms with Crippen molar-refractivity contribution in [2.24, 2.45) is 0 Å². The van der Waals surface area contributed by atoms with Crippen LogP contribution in [-0.2, 0) is 13.0 Å².